The molecule has 0 unspecified atom stereocenters. The number of pyridine rings is 6. The summed E-state index contributed by atoms with van der Waals surface area (Å²) >= 11 is 0. The van der Waals surface area contributed by atoms with E-state index in [2.05, 4.69) is 29.9 Å². The Labute approximate surface area is 303 Å². The Hall–Kier alpha value is -5.00. The molecule has 0 fully saturated rings. The second-order valence-corrected chi connectivity index (χ2v) is 12.2. The third kappa shape index (κ3) is 19.7. The average molecular weight is 815 g/mol. The topological polar surface area (TPSA) is 115 Å². The number of carbonyl (C=O) groups is 1. The van der Waals surface area contributed by atoms with Gasteiger partial charge in [0.2, 0.25) is 0 Å². The number of rotatable bonds is 7. The van der Waals surface area contributed by atoms with Crippen molar-refractivity contribution in [2.75, 3.05) is 0 Å². The van der Waals surface area contributed by atoms with Gasteiger partial charge in [0.05, 0.1) is 34.2 Å². The van der Waals surface area contributed by atoms with Crippen LogP contribution in [0.15, 0.2) is 134 Å². The summed E-state index contributed by atoms with van der Waals surface area (Å²) in [6, 6.07) is 31.0. The van der Waals surface area contributed by atoms with Gasteiger partial charge in [-0.2, -0.15) is 0 Å². The van der Waals surface area contributed by atoms with Crippen LogP contribution in [0.1, 0.15) is 24.0 Å². The minimum Gasteiger partial charge on any atom is -0.255 e. The third-order valence-corrected chi connectivity index (χ3v) is 6.04. The molecule has 269 valence electrons. The monoisotopic (exact) mass is 815 g/mol. The quantitative estimate of drug-likeness (QED) is 0.0963. The second-order valence-electron chi connectivity index (χ2n) is 10.3. The smallest absolute Gasteiger partial charge is 0.255 e. The molecule has 6 aromatic rings. The molecule has 0 aromatic carbocycles. The summed E-state index contributed by atoms with van der Waals surface area (Å²) < 4.78 is 59.2. The molecule has 1 radical (unpaired) electrons. The number of nitrogens with zero attached hydrogens (tertiary/aromatic N) is 6. The molecule has 6 aromatic heterocycles. The van der Waals surface area contributed by atoms with E-state index in [1.807, 2.05) is 104 Å². The SMILES string of the molecule is Cc1ccnc(-c2cc(CCCC(=O)O)ccn2)c1.F[P-](F)(F)(F)(F)F.[Ru+].c1ccc(-c2ccccn2)nc1.c1ccc(-c2ccccn2)nc1. The molecule has 1 N–H and O–H groups in total. The number of hydrogen-bond acceptors (Lipinski definition) is 7. The number of halogens is 6. The predicted octanol–water partition coefficient (Wildman–Crippen LogP) is 10.5. The van der Waals surface area contributed by atoms with Crippen LogP contribution in [0.4, 0.5) is 25.2 Å². The minimum atomic E-state index is -10.7. The Morgan fingerprint density at radius 2 is 0.902 bits per heavy atom. The Morgan fingerprint density at radius 1 is 0.549 bits per heavy atom. The molecular weight excluding hydrogens is 782 g/mol. The van der Waals surface area contributed by atoms with Crippen molar-refractivity contribution in [2.45, 2.75) is 26.2 Å². The van der Waals surface area contributed by atoms with Crippen molar-refractivity contribution in [3.63, 3.8) is 0 Å². The molecule has 0 aliphatic heterocycles. The zero-order valence-corrected chi connectivity index (χ0v) is 29.6. The summed E-state index contributed by atoms with van der Waals surface area (Å²) in [6.07, 6.45) is 12.2. The van der Waals surface area contributed by atoms with Crippen LogP contribution in [-0.2, 0) is 30.7 Å². The summed E-state index contributed by atoms with van der Waals surface area (Å²) in [7, 11) is -10.7. The summed E-state index contributed by atoms with van der Waals surface area (Å²) in [5.74, 6) is -0.755. The normalized spacial score (nSPS) is 11.6. The Bertz CT molecular complexity index is 1760. The Kier molecular flexibility index (Phi) is 15.6. The van der Waals surface area contributed by atoms with Crippen molar-refractivity contribution in [1.82, 2.24) is 29.9 Å². The molecule has 0 bridgehead atoms. The average Bonchev–Trinajstić information content (AvgIpc) is 3.09. The van der Waals surface area contributed by atoms with Crippen LogP contribution in [0.2, 0.25) is 0 Å². The van der Waals surface area contributed by atoms with Crippen molar-refractivity contribution in [1.29, 1.82) is 0 Å². The number of carboxylic acid groups (broad SMARTS) is 1. The number of aliphatic carboxylic acids is 1. The standard InChI is InChI=1S/C15H16N2O2.2C10H8N2.F6P.Ru/c1-11-5-7-16-13(9-11)14-10-12(6-8-17-14)3-2-4-15(18)19;2*1-3-7-11-9(5-1)10-6-2-4-8-12-10;1-7(2,3,4,5)6;/h5-10H,2-4H2,1H3,(H,18,19);2*1-8H;;/q;;;-1;+1. The van der Waals surface area contributed by atoms with Gasteiger partial charge in [-0.3, -0.25) is 34.7 Å². The molecule has 0 spiro atoms. The van der Waals surface area contributed by atoms with E-state index in [0.717, 1.165) is 51.7 Å². The fraction of sp³-hybridized carbons (Fsp3) is 0.114. The van der Waals surface area contributed by atoms with Gasteiger partial charge in [-0.05, 0) is 104 Å². The summed E-state index contributed by atoms with van der Waals surface area (Å²) in [6.45, 7) is 2.02. The molecule has 6 heterocycles. The fourth-order valence-electron chi connectivity index (χ4n) is 3.95. The molecule has 0 atom stereocenters. The summed E-state index contributed by atoms with van der Waals surface area (Å²) in [4.78, 5) is 35.9. The number of aromatic nitrogens is 6. The van der Waals surface area contributed by atoms with Crippen LogP contribution < -0.4 is 0 Å². The van der Waals surface area contributed by atoms with E-state index in [0.29, 0.717) is 6.42 Å². The maximum Gasteiger partial charge on any atom is 1.00 e. The number of aryl methyl sites for hydroxylation is 2. The first-order valence-electron chi connectivity index (χ1n) is 14.8. The van der Waals surface area contributed by atoms with Gasteiger partial charge in [-0.15, -0.1) is 0 Å². The summed E-state index contributed by atoms with van der Waals surface area (Å²) in [5, 5.41) is 8.63. The molecular formula is C35H32F6N6O2PRu. The van der Waals surface area contributed by atoms with Gasteiger partial charge in [-0.1, -0.05) is 24.3 Å². The van der Waals surface area contributed by atoms with Crippen molar-refractivity contribution in [3.8, 4) is 34.2 Å². The van der Waals surface area contributed by atoms with E-state index < -0.39 is 13.8 Å². The maximum absolute atomic E-state index is 10.7. The van der Waals surface area contributed by atoms with Gasteiger partial charge in [-0.25, -0.2) is 0 Å². The number of hydrogen-bond donors (Lipinski definition) is 1. The molecule has 0 aliphatic rings. The van der Waals surface area contributed by atoms with Crippen molar-refractivity contribution < 1.29 is 54.6 Å². The van der Waals surface area contributed by atoms with Crippen molar-refractivity contribution in [2.24, 2.45) is 0 Å². The summed E-state index contributed by atoms with van der Waals surface area (Å²) in [5.41, 5.74) is 7.57. The molecule has 0 saturated carbocycles. The molecule has 0 saturated heterocycles. The first-order chi connectivity index (χ1) is 23.5. The van der Waals surface area contributed by atoms with E-state index >= 15 is 0 Å². The maximum atomic E-state index is 10.5. The molecule has 6 rings (SSSR count). The first-order valence-corrected chi connectivity index (χ1v) is 16.9. The van der Waals surface area contributed by atoms with E-state index in [1.54, 1.807) is 37.2 Å². The zero-order chi connectivity index (χ0) is 36.5. The van der Waals surface area contributed by atoms with Gasteiger partial charge < -0.3 is 5.11 Å². The van der Waals surface area contributed by atoms with Gasteiger partial charge in [0.25, 0.3) is 0 Å². The van der Waals surface area contributed by atoms with Crippen LogP contribution in [0, 0.1) is 6.92 Å². The van der Waals surface area contributed by atoms with Crippen LogP contribution in [0.3, 0.4) is 0 Å². The van der Waals surface area contributed by atoms with E-state index in [-0.39, 0.29) is 25.9 Å². The van der Waals surface area contributed by atoms with Crippen LogP contribution in [0.25, 0.3) is 34.2 Å². The van der Waals surface area contributed by atoms with Gasteiger partial charge in [0, 0.05) is 43.6 Å². The van der Waals surface area contributed by atoms with E-state index in [9.17, 15) is 30.0 Å². The van der Waals surface area contributed by atoms with Crippen molar-refractivity contribution >= 4 is 13.8 Å². The zero-order valence-electron chi connectivity index (χ0n) is 26.9. The van der Waals surface area contributed by atoms with Crippen LogP contribution in [0.5, 0.6) is 0 Å². The third-order valence-electron chi connectivity index (χ3n) is 6.04. The van der Waals surface area contributed by atoms with E-state index in [4.69, 9.17) is 5.11 Å². The fourth-order valence-corrected chi connectivity index (χ4v) is 3.95. The second kappa shape index (κ2) is 18.8. The number of carboxylic acids is 1. The molecule has 8 nitrogen and oxygen atoms in total. The largest absolute Gasteiger partial charge is 1.00 e. The van der Waals surface area contributed by atoms with Crippen molar-refractivity contribution in [3.05, 3.63) is 145 Å². The molecule has 0 aliphatic carbocycles. The Balaban J connectivity index is 0.000000248. The molecule has 51 heavy (non-hydrogen) atoms. The first kappa shape index (κ1) is 42.2. The van der Waals surface area contributed by atoms with Gasteiger partial charge in [0.1, 0.15) is 0 Å². The molecule has 16 heteroatoms. The van der Waals surface area contributed by atoms with Gasteiger partial charge in [0.15, 0.2) is 0 Å². The predicted molar refractivity (Wildman–Crippen MR) is 181 cm³/mol. The van der Waals surface area contributed by atoms with Gasteiger partial charge >= 0.3 is 58.4 Å². The molecule has 0 amide bonds. The van der Waals surface area contributed by atoms with Crippen LogP contribution in [-0.4, -0.2) is 41.0 Å². The minimum absolute atomic E-state index is 0. The van der Waals surface area contributed by atoms with Crippen LogP contribution >= 0.6 is 7.81 Å². The van der Waals surface area contributed by atoms with E-state index in [1.165, 1.54) is 0 Å². The Morgan fingerprint density at radius 3 is 1.24 bits per heavy atom.